The van der Waals surface area contributed by atoms with E-state index in [0.29, 0.717) is 5.56 Å². The molecule has 0 saturated heterocycles. The third-order valence-corrected chi connectivity index (χ3v) is 2.85. The van der Waals surface area contributed by atoms with Gasteiger partial charge in [0.2, 0.25) is 0 Å². The smallest absolute Gasteiger partial charge is 0.194 e. The number of hydrogen-bond donors (Lipinski definition) is 2. The van der Waals surface area contributed by atoms with E-state index in [-0.39, 0.29) is 10.7 Å². The summed E-state index contributed by atoms with van der Waals surface area (Å²) in [6.45, 7) is 0. The second kappa shape index (κ2) is 5.56. The van der Waals surface area contributed by atoms with Crippen molar-refractivity contribution >= 4 is 11.6 Å². The number of nitrogens with one attached hydrogen (secondary N) is 1. The molecule has 0 aliphatic carbocycles. The summed E-state index contributed by atoms with van der Waals surface area (Å²) in [7, 11) is 0. The van der Waals surface area contributed by atoms with E-state index < -0.39 is 23.5 Å². The summed E-state index contributed by atoms with van der Waals surface area (Å²) in [6.07, 6.45) is 1.37. The lowest BCUT2D eigenvalue weighted by Crippen LogP contribution is -2.30. The van der Waals surface area contributed by atoms with Gasteiger partial charge in [-0.05, 0) is 17.7 Å². The first-order valence-electron chi connectivity index (χ1n) is 5.25. The summed E-state index contributed by atoms with van der Waals surface area (Å²) in [5, 5.41) is 0.255. The molecular formula is C12H9ClF3N3. The molecule has 0 spiro atoms. The summed E-state index contributed by atoms with van der Waals surface area (Å²) >= 11 is 5.64. The Hall–Kier alpha value is -1.63. The minimum atomic E-state index is -1.54. The van der Waals surface area contributed by atoms with Crippen LogP contribution in [0.5, 0.6) is 0 Å². The number of pyridine rings is 1. The van der Waals surface area contributed by atoms with E-state index in [9.17, 15) is 13.2 Å². The highest BCUT2D eigenvalue weighted by Crippen LogP contribution is 2.26. The molecule has 0 aliphatic heterocycles. The first-order valence-corrected chi connectivity index (χ1v) is 5.63. The van der Waals surface area contributed by atoms with Gasteiger partial charge in [-0.2, -0.15) is 0 Å². The standard InChI is InChI=1S/C12H9ClF3N3/c13-9-4-1-6(5-18-9)12(19-17)7-2-3-8(14)11(16)10(7)15/h1-5,12,19H,17H2. The molecule has 1 aromatic carbocycles. The molecule has 1 aromatic heterocycles. The van der Waals surface area contributed by atoms with Crippen molar-refractivity contribution in [3.63, 3.8) is 0 Å². The fourth-order valence-electron chi connectivity index (χ4n) is 1.69. The average molecular weight is 288 g/mol. The molecule has 3 N–H and O–H groups in total. The Morgan fingerprint density at radius 3 is 2.42 bits per heavy atom. The zero-order valence-electron chi connectivity index (χ0n) is 9.50. The normalized spacial score (nSPS) is 12.5. The maximum Gasteiger partial charge on any atom is 0.194 e. The summed E-state index contributed by atoms with van der Waals surface area (Å²) in [5.74, 6) is 1.24. The van der Waals surface area contributed by atoms with Crippen molar-refractivity contribution in [2.75, 3.05) is 0 Å². The van der Waals surface area contributed by atoms with Gasteiger partial charge < -0.3 is 0 Å². The average Bonchev–Trinajstić information content (AvgIpc) is 2.41. The number of hydrazine groups is 1. The highest BCUT2D eigenvalue weighted by atomic mass is 35.5. The Bertz CT molecular complexity index is 590. The van der Waals surface area contributed by atoms with Gasteiger partial charge in [-0.3, -0.25) is 5.84 Å². The molecule has 100 valence electrons. The molecule has 0 radical (unpaired) electrons. The Morgan fingerprint density at radius 2 is 1.84 bits per heavy atom. The number of hydrogen-bond acceptors (Lipinski definition) is 3. The molecular weight excluding hydrogens is 279 g/mol. The van der Waals surface area contributed by atoms with Crippen molar-refractivity contribution in [2.24, 2.45) is 5.84 Å². The molecule has 7 heteroatoms. The highest BCUT2D eigenvalue weighted by molar-refractivity contribution is 6.29. The fraction of sp³-hybridized carbons (Fsp3) is 0.0833. The van der Waals surface area contributed by atoms with E-state index in [0.717, 1.165) is 12.1 Å². The van der Waals surface area contributed by atoms with Crippen LogP contribution in [0.3, 0.4) is 0 Å². The second-order valence-electron chi connectivity index (χ2n) is 3.78. The predicted molar refractivity (Wildman–Crippen MR) is 64.7 cm³/mol. The molecule has 0 saturated carbocycles. The Labute approximate surface area is 112 Å². The van der Waals surface area contributed by atoms with Crippen molar-refractivity contribution < 1.29 is 13.2 Å². The van der Waals surface area contributed by atoms with Crippen LogP contribution < -0.4 is 11.3 Å². The lowest BCUT2D eigenvalue weighted by Gasteiger charge is -2.17. The molecule has 1 atom stereocenters. The molecule has 0 aliphatic rings. The summed E-state index contributed by atoms with van der Waals surface area (Å²) in [4.78, 5) is 3.82. The van der Waals surface area contributed by atoms with Crippen molar-refractivity contribution in [2.45, 2.75) is 6.04 Å². The third kappa shape index (κ3) is 2.70. The summed E-state index contributed by atoms with van der Waals surface area (Å²) < 4.78 is 39.8. The largest absolute Gasteiger partial charge is 0.271 e. The third-order valence-electron chi connectivity index (χ3n) is 2.63. The van der Waals surface area contributed by atoms with Gasteiger partial charge in [0, 0.05) is 11.8 Å². The number of nitrogens with two attached hydrogens (primary N) is 1. The van der Waals surface area contributed by atoms with E-state index in [1.54, 1.807) is 6.07 Å². The van der Waals surface area contributed by atoms with Crippen LogP contribution in [0.25, 0.3) is 0 Å². The lowest BCUT2D eigenvalue weighted by molar-refractivity contribution is 0.433. The SMILES string of the molecule is NNC(c1ccc(Cl)nc1)c1ccc(F)c(F)c1F. The predicted octanol–water partition coefficient (Wildman–Crippen LogP) is 2.71. The van der Waals surface area contributed by atoms with Crippen LogP contribution in [0.2, 0.25) is 5.15 Å². The zero-order chi connectivity index (χ0) is 14.0. The minimum Gasteiger partial charge on any atom is -0.271 e. The van der Waals surface area contributed by atoms with Gasteiger partial charge in [0.1, 0.15) is 5.15 Å². The monoisotopic (exact) mass is 287 g/mol. The van der Waals surface area contributed by atoms with Crippen LogP contribution in [-0.4, -0.2) is 4.98 Å². The van der Waals surface area contributed by atoms with E-state index in [1.165, 1.54) is 12.3 Å². The van der Waals surface area contributed by atoms with Crippen molar-refractivity contribution in [3.8, 4) is 0 Å². The van der Waals surface area contributed by atoms with E-state index in [2.05, 4.69) is 10.4 Å². The van der Waals surface area contributed by atoms with Gasteiger partial charge in [-0.15, -0.1) is 0 Å². The summed E-state index contributed by atoms with van der Waals surface area (Å²) in [6, 6.07) is 4.13. The van der Waals surface area contributed by atoms with Gasteiger partial charge >= 0.3 is 0 Å². The Morgan fingerprint density at radius 1 is 1.11 bits per heavy atom. The Balaban J connectivity index is 2.48. The molecule has 0 fully saturated rings. The highest BCUT2D eigenvalue weighted by Gasteiger charge is 2.21. The first kappa shape index (κ1) is 13.8. The van der Waals surface area contributed by atoms with E-state index in [1.807, 2.05) is 0 Å². The molecule has 3 nitrogen and oxygen atoms in total. The van der Waals surface area contributed by atoms with E-state index >= 15 is 0 Å². The van der Waals surface area contributed by atoms with Crippen LogP contribution in [0, 0.1) is 17.5 Å². The van der Waals surface area contributed by atoms with Crippen LogP contribution in [0.15, 0.2) is 30.5 Å². The van der Waals surface area contributed by atoms with Crippen molar-refractivity contribution in [1.29, 1.82) is 0 Å². The number of aromatic nitrogens is 1. The fourth-order valence-corrected chi connectivity index (χ4v) is 1.80. The maximum atomic E-state index is 13.7. The number of halogens is 4. The Kier molecular flexibility index (Phi) is 4.04. The lowest BCUT2D eigenvalue weighted by atomic mass is 10.00. The topological polar surface area (TPSA) is 50.9 Å². The molecule has 2 aromatic rings. The molecule has 19 heavy (non-hydrogen) atoms. The summed E-state index contributed by atoms with van der Waals surface area (Å²) in [5.41, 5.74) is 2.68. The van der Waals surface area contributed by atoms with Crippen LogP contribution in [0.4, 0.5) is 13.2 Å². The van der Waals surface area contributed by atoms with Gasteiger partial charge in [-0.25, -0.2) is 23.6 Å². The minimum absolute atomic E-state index is 0.120. The van der Waals surface area contributed by atoms with Crippen molar-refractivity contribution in [3.05, 3.63) is 64.2 Å². The van der Waals surface area contributed by atoms with Crippen LogP contribution in [-0.2, 0) is 0 Å². The van der Waals surface area contributed by atoms with E-state index in [4.69, 9.17) is 17.4 Å². The van der Waals surface area contributed by atoms with Gasteiger partial charge in [-0.1, -0.05) is 23.7 Å². The molecule has 1 heterocycles. The van der Waals surface area contributed by atoms with Crippen LogP contribution >= 0.6 is 11.6 Å². The maximum absolute atomic E-state index is 13.7. The molecule has 2 rings (SSSR count). The van der Waals surface area contributed by atoms with Gasteiger partial charge in [0.15, 0.2) is 17.5 Å². The number of nitrogens with zero attached hydrogens (tertiary/aromatic N) is 1. The quantitative estimate of drug-likeness (QED) is 0.395. The number of benzene rings is 1. The van der Waals surface area contributed by atoms with Gasteiger partial charge in [0.05, 0.1) is 6.04 Å². The first-order chi connectivity index (χ1) is 9.04. The van der Waals surface area contributed by atoms with Crippen LogP contribution in [0.1, 0.15) is 17.2 Å². The molecule has 0 amide bonds. The molecule has 1 unspecified atom stereocenters. The van der Waals surface area contributed by atoms with Gasteiger partial charge in [0.25, 0.3) is 0 Å². The van der Waals surface area contributed by atoms with Crippen molar-refractivity contribution in [1.82, 2.24) is 10.4 Å². The second-order valence-corrected chi connectivity index (χ2v) is 4.17. The molecule has 0 bridgehead atoms. The number of rotatable bonds is 3. The zero-order valence-corrected chi connectivity index (χ0v) is 10.3.